The number of rotatable bonds is 5. The van der Waals surface area contributed by atoms with Crippen molar-refractivity contribution in [3.63, 3.8) is 0 Å². The van der Waals surface area contributed by atoms with Gasteiger partial charge in [-0.1, -0.05) is 18.2 Å². The first-order valence-electron chi connectivity index (χ1n) is 8.83. The molecule has 0 bridgehead atoms. The zero-order valence-corrected chi connectivity index (χ0v) is 13.8. The molecule has 3 rings (SSSR count). The average molecular weight is 318 g/mol. The van der Waals surface area contributed by atoms with Crippen molar-refractivity contribution in [2.45, 2.75) is 50.5 Å². The first kappa shape index (κ1) is 16.5. The lowest BCUT2D eigenvalue weighted by Crippen LogP contribution is -2.33. The Hall–Kier alpha value is -1.35. The Bertz CT molecular complexity index is 483. The Labute approximate surface area is 138 Å². The summed E-state index contributed by atoms with van der Waals surface area (Å²) in [6.45, 7) is 3.96. The Morgan fingerprint density at radius 3 is 2.39 bits per heavy atom. The van der Waals surface area contributed by atoms with Gasteiger partial charge in [0.05, 0.1) is 12.7 Å². The van der Waals surface area contributed by atoms with E-state index < -0.39 is 6.86 Å². The summed E-state index contributed by atoms with van der Waals surface area (Å²) in [4.78, 5) is 0. The van der Waals surface area contributed by atoms with Crippen LogP contribution in [0.2, 0.25) is 0 Å². The predicted molar refractivity (Wildman–Crippen MR) is 90.4 cm³/mol. The van der Waals surface area contributed by atoms with E-state index >= 15 is 0 Å². The van der Waals surface area contributed by atoms with Crippen molar-refractivity contribution in [2.24, 2.45) is 11.8 Å². The molecule has 2 fully saturated rings. The van der Waals surface area contributed by atoms with E-state index in [0.29, 0.717) is 29.6 Å². The third kappa shape index (κ3) is 4.14. The predicted octanol–water partition coefficient (Wildman–Crippen LogP) is 5.25. The summed E-state index contributed by atoms with van der Waals surface area (Å²) in [6.07, 6.45) is 9.83. The van der Waals surface area contributed by atoms with Crippen molar-refractivity contribution in [1.82, 2.24) is 0 Å². The Morgan fingerprint density at radius 1 is 1.09 bits per heavy atom. The smallest absolute Gasteiger partial charge is 0.228 e. The largest absolute Gasteiger partial charge is 0.463 e. The zero-order chi connectivity index (χ0) is 16.1. The molecule has 0 amide bonds. The minimum absolute atomic E-state index is 0.451. The normalized spacial score (nSPS) is 31.5. The van der Waals surface area contributed by atoms with Crippen LogP contribution in [0.25, 0.3) is 0 Å². The molecule has 1 aliphatic carbocycles. The van der Waals surface area contributed by atoms with E-state index in [9.17, 15) is 4.39 Å². The molecule has 1 aromatic carbocycles. The Morgan fingerprint density at radius 2 is 1.83 bits per heavy atom. The molecule has 2 unspecified atom stereocenters. The molecule has 0 N–H and O–H groups in total. The molecule has 1 aromatic rings. The standard InChI is InChI=1S/C20H27FO2/c1-2-15-3-12-20(22-13-15)18-6-4-16(5-7-18)17-8-10-19(11-9-17)23-14-21/h2,8-11,15-16,18,20H,1,3-7,12-14H2. The van der Waals surface area contributed by atoms with Gasteiger partial charge in [0.15, 0.2) is 0 Å². The fourth-order valence-corrected chi connectivity index (χ4v) is 4.07. The summed E-state index contributed by atoms with van der Waals surface area (Å²) in [5.41, 5.74) is 1.35. The van der Waals surface area contributed by atoms with Crippen molar-refractivity contribution < 1.29 is 13.9 Å². The molecule has 1 saturated heterocycles. The van der Waals surface area contributed by atoms with Gasteiger partial charge in [0.25, 0.3) is 0 Å². The van der Waals surface area contributed by atoms with Gasteiger partial charge in [-0.2, -0.15) is 0 Å². The van der Waals surface area contributed by atoms with Crippen LogP contribution in [-0.4, -0.2) is 19.6 Å². The maximum Gasteiger partial charge on any atom is 0.228 e. The molecule has 1 heterocycles. The van der Waals surface area contributed by atoms with Gasteiger partial charge in [-0.25, -0.2) is 4.39 Å². The van der Waals surface area contributed by atoms with Gasteiger partial charge in [0.1, 0.15) is 5.75 Å². The van der Waals surface area contributed by atoms with E-state index in [4.69, 9.17) is 9.47 Å². The number of hydrogen-bond acceptors (Lipinski definition) is 2. The number of benzene rings is 1. The van der Waals surface area contributed by atoms with Gasteiger partial charge in [-0.05, 0) is 68.1 Å². The molecule has 0 aromatic heterocycles. The van der Waals surface area contributed by atoms with Crippen LogP contribution in [0.15, 0.2) is 36.9 Å². The maximum atomic E-state index is 12.2. The molecule has 2 aliphatic rings. The lowest BCUT2D eigenvalue weighted by Gasteiger charge is -2.37. The zero-order valence-electron chi connectivity index (χ0n) is 13.8. The van der Waals surface area contributed by atoms with Crippen LogP contribution in [0.5, 0.6) is 5.75 Å². The minimum atomic E-state index is -0.765. The van der Waals surface area contributed by atoms with Crippen molar-refractivity contribution in [2.75, 3.05) is 13.5 Å². The summed E-state index contributed by atoms with van der Waals surface area (Å²) in [5.74, 6) is 2.49. The Balaban J connectivity index is 1.49. The van der Waals surface area contributed by atoms with Crippen molar-refractivity contribution in [3.05, 3.63) is 42.5 Å². The van der Waals surface area contributed by atoms with Crippen LogP contribution in [0.1, 0.15) is 50.0 Å². The SMILES string of the molecule is C=CC1CCC(C2CCC(c3ccc(OCF)cc3)CC2)OC1. The van der Waals surface area contributed by atoms with Gasteiger partial charge in [-0.15, -0.1) is 6.58 Å². The molecule has 1 aliphatic heterocycles. The summed E-state index contributed by atoms with van der Waals surface area (Å²) < 4.78 is 23.1. The van der Waals surface area contributed by atoms with E-state index in [0.717, 1.165) is 6.61 Å². The van der Waals surface area contributed by atoms with Gasteiger partial charge in [-0.3, -0.25) is 0 Å². The number of halogens is 1. The molecule has 1 saturated carbocycles. The lowest BCUT2D eigenvalue weighted by molar-refractivity contribution is -0.0469. The highest BCUT2D eigenvalue weighted by molar-refractivity contribution is 5.29. The van der Waals surface area contributed by atoms with E-state index in [1.165, 1.54) is 44.1 Å². The Kier molecular flexibility index (Phi) is 5.71. The third-order valence-electron chi connectivity index (χ3n) is 5.55. The van der Waals surface area contributed by atoms with Crippen LogP contribution in [0.4, 0.5) is 4.39 Å². The molecule has 0 spiro atoms. The summed E-state index contributed by atoms with van der Waals surface area (Å²) in [6, 6.07) is 7.92. The monoisotopic (exact) mass is 318 g/mol. The van der Waals surface area contributed by atoms with Crippen LogP contribution in [0.3, 0.4) is 0 Å². The maximum absolute atomic E-state index is 12.2. The highest BCUT2D eigenvalue weighted by Crippen LogP contribution is 2.40. The van der Waals surface area contributed by atoms with Crippen LogP contribution in [-0.2, 0) is 4.74 Å². The second-order valence-electron chi connectivity index (χ2n) is 6.88. The number of ether oxygens (including phenoxy) is 2. The average Bonchev–Trinajstić information content (AvgIpc) is 2.63. The molecule has 23 heavy (non-hydrogen) atoms. The first-order chi connectivity index (χ1) is 11.3. The van der Waals surface area contributed by atoms with Crippen LogP contribution < -0.4 is 4.74 Å². The van der Waals surface area contributed by atoms with E-state index in [-0.39, 0.29) is 0 Å². The lowest BCUT2D eigenvalue weighted by atomic mass is 9.75. The second-order valence-corrected chi connectivity index (χ2v) is 6.88. The minimum Gasteiger partial charge on any atom is -0.463 e. The quantitative estimate of drug-likeness (QED) is 0.691. The molecule has 126 valence electrons. The molecular formula is C20H27FO2. The fraction of sp³-hybridized carbons (Fsp3) is 0.600. The van der Waals surface area contributed by atoms with Gasteiger partial charge < -0.3 is 9.47 Å². The summed E-state index contributed by atoms with van der Waals surface area (Å²) >= 11 is 0. The van der Waals surface area contributed by atoms with Crippen molar-refractivity contribution in [3.8, 4) is 5.75 Å². The van der Waals surface area contributed by atoms with E-state index in [1.807, 2.05) is 18.2 Å². The summed E-state index contributed by atoms with van der Waals surface area (Å²) in [5, 5.41) is 0. The van der Waals surface area contributed by atoms with Crippen molar-refractivity contribution in [1.29, 1.82) is 0 Å². The highest BCUT2D eigenvalue weighted by Gasteiger charge is 2.31. The molecule has 0 radical (unpaired) electrons. The summed E-state index contributed by atoms with van der Waals surface area (Å²) in [7, 11) is 0. The highest BCUT2D eigenvalue weighted by atomic mass is 19.1. The third-order valence-corrected chi connectivity index (χ3v) is 5.55. The van der Waals surface area contributed by atoms with Crippen LogP contribution in [0, 0.1) is 11.8 Å². The van der Waals surface area contributed by atoms with Crippen LogP contribution >= 0.6 is 0 Å². The van der Waals surface area contributed by atoms with Gasteiger partial charge in [0.2, 0.25) is 6.86 Å². The van der Waals surface area contributed by atoms with Gasteiger partial charge in [0, 0.05) is 5.92 Å². The first-order valence-corrected chi connectivity index (χ1v) is 8.83. The molecule has 2 nitrogen and oxygen atoms in total. The van der Waals surface area contributed by atoms with Gasteiger partial charge >= 0.3 is 0 Å². The topological polar surface area (TPSA) is 18.5 Å². The van der Waals surface area contributed by atoms with E-state index in [1.54, 1.807) is 0 Å². The molecular weight excluding hydrogens is 291 g/mol. The number of hydrogen-bond donors (Lipinski definition) is 0. The van der Waals surface area contributed by atoms with Crippen molar-refractivity contribution >= 4 is 0 Å². The van der Waals surface area contributed by atoms with E-state index in [2.05, 4.69) is 18.7 Å². The molecule has 2 atom stereocenters. The second kappa shape index (κ2) is 7.96. The fourth-order valence-electron chi connectivity index (χ4n) is 4.07. The molecule has 3 heteroatoms. The number of alkyl halides is 1.